The topological polar surface area (TPSA) is 38.3 Å². The van der Waals surface area contributed by atoms with Crippen LogP contribution in [0, 0.1) is 0 Å². The van der Waals surface area contributed by atoms with Crippen LogP contribution in [0.4, 0.5) is 5.82 Å². The van der Waals surface area contributed by atoms with Crippen LogP contribution in [0.3, 0.4) is 0 Å². The van der Waals surface area contributed by atoms with Crippen molar-refractivity contribution in [1.82, 2.24) is 9.97 Å². The predicted octanol–water partition coefficient (Wildman–Crippen LogP) is 5.08. The van der Waals surface area contributed by atoms with E-state index >= 15 is 0 Å². The maximum absolute atomic E-state index is 6.51. The van der Waals surface area contributed by atoms with Crippen molar-refractivity contribution in [2.45, 2.75) is 38.8 Å². The first-order valence-electron chi connectivity index (χ1n) is 8.69. The van der Waals surface area contributed by atoms with Crippen molar-refractivity contribution in [2.24, 2.45) is 0 Å². The molecule has 0 atom stereocenters. The standard InChI is InChI=1S/C19H26ClN3OS/c1-5-12-24-15-10-8-14(9-11-15)13-16-17(20)21-19(25-4)22-18(16)23(6-2)7-3/h8-11H,5-7,12-13H2,1-4H3. The van der Waals surface area contributed by atoms with Crippen LogP contribution in [-0.4, -0.2) is 35.9 Å². The van der Waals surface area contributed by atoms with Crippen LogP contribution in [0.2, 0.25) is 5.15 Å². The van der Waals surface area contributed by atoms with Crippen molar-refractivity contribution in [3.63, 3.8) is 0 Å². The van der Waals surface area contributed by atoms with Gasteiger partial charge in [0, 0.05) is 25.1 Å². The number of hydrogen-bond donors (Lipinski definition) is 0. The number of ether oxygens (including phenoxy) is 1. The van der Waals surface area contributed by atoms with Gasteiger partial charge >= 0.3 is 0 Å². The maximum Gasteiger partial charge on any atom is 0.190 e. The molecule has 0 N–H and O–H groups in total. The molecule has 1 heterocycles. The van der Waals surface area contributed by atoms with Gasteiger partial charge in [0.15, 0.2) is 5.16 Å². The first kappa shape index (κ1) is 19.9. The summed E-state index contributed by atoms with van der Waals surface area (Å²) < 4.78 is 5.65. The lowest BCUT2D eigenvalue weighted by atomic mass is 10.1. The number of anilines is 1. The van der Waals surface area contributed by atoms with Gasteiger partial charge in [-0.15, -0.1) is 0 Å². The Kier molecular flexibility index (Phi) is 7.85. The van der Waals surface area contributed by atoms with Gasteiger partial charge in [-0.2, -0.15) is 0 Å². The molecule has 0 aliphatic rings. The monoisotopic (exact) mass is 379 g/mol. The highest BCUT2D eigenvalue weighted by Gasteiger charge is 2.17. The average Bonchev–Trinajstić information content (AvgIpc) is 2.64. The molecule has 0 radical (unpaired) electrons. The summed E-state index contributed by atoms with van der Waals surface area (Å²) in [5.41, 5.74) is 2.14. The molecule has 0 fully saturated rings. The molecule has 0 spiro atoms. The van der Waals surface area contributed by atoms with Crippen LogP contribution < -0.4 is 9.64 Å². The fourth-order valence-corrected chi connectivity index (χ4v) is 3.22. The zero-order valence-corrected chi connectivity index (χ0v) is 17.0. The lowest BCUT2D eigenvalue weighted by Gasteiger charge is -2.23. The SMILES string of the molecule is CCCOc1ccc(Cc2c(Cl)nc(SC)nc2N(CC)CC)cc1. The maximum atomic E-state index is 6.51. The van der Waals surface area contributed by atoms with E-state index in [0.29, 0.717) is 16.7 Å². The number of nitrogens with zero attached hydrogens (tertiary/aromatic N) is 3. The molecule has 1 aromatic carbocycles. The van der Waals surface area contributed by atoms with E-state index in [1.807, 2.05) is 18.4 Å². The Morgan fingerprint density at radius 3 is 2.32 bits per heavy atom. The number of halogens is 1. The molecule has 1 aromatic heterocycles. The molecular formula is C19H26ClN3OS. The molecule has 0 amide bonds. The zero-order valence-electron chi connectivity index (χ0n) is 15.4. The van der Waals surface area contributed by atoms with Crippen molar-refractivity contribution in [3.05, 3.63) is 40.5 Å². The van der Waals surface area contributed by atoms with Crippen molar-refractivity contribution >= 4 is 29.2 Å². The van der Waals surface area contributed by atoms with E-state index in [0.717, 1.165) is 43.2 Å². The van der Waals surface area contributed by atoms with E-state index in [2.05, 4.69) is 42.8 Å². The van der Waals surface area contributed by atoms with E-state index in [1.165, 1.54) is 17.3 Å². The molecule has 0 bridgehead atoms. The van der Waals surface area contributed by atoms with E-state index in [4.69, 9.17) is 21.3 Å². The summed E-state index contributed by atoms with van der Waals surface area (Å²) in [5.74, 6) is 1.83. The molecule has 0 aliphatic heterocycles. The molecule has 0 saturated carbocycles. The summed E-state index contributed by atoms with van der Waals surface area (Å²) in [7, 11) is 0. The van der Waals surface area contributed by atoms with Gasteiger partial charge in [-0.05, 0) is 44.2 Å². The molecule has 136 valence electrons. The summed E-state index contributed by atoms with van der Waals surface area (Å²) in [6, 6.07) is 8.17. The quantitative estimate of drug-likeness (QED) is 0.345. The Labute approximate surface area is 160 Å². The largest absolute Gasteiger partial charge is 0.494 e. The number of benzene rings is 1. The van der Waals surface area contributed by atoms with Gasteiger partial charge in [0.25, 0.3) is 0 Å². The second-order valence-corrected chi connectivity index (χ2v) is 6.78. The Hall–Kier alpha value is -1.46. The van der Waals surface area contributed by atoms with Crippen LogP contribution >= 0.6 is 23.4 Å². The fraction of sp³-hybridized carbons (Fsp3) is 0.474. The van der Waals surface area contributed by atoms with Crippen molar-refractivity contribution in [1.29, 1.82) is 0 Å². The third-order valence-corrected chi connectivity index (χ3v) is 4.80. The first-order valence-corrected chi connectivity index (χ1v) is 10.3. The van der Waals surface area contributed by atoms with Gasteiger partial charge < -0.3 is 9.64 Å². The number of thioether (sulfide) groups is 1. The van der Waals surface area contributed by atoms with Crippen LogP contribution in [0.25, 0.3) is 0 Å². The Morgan fingerprint density at radius 2 is 1.76 bits per heavy atom. The van der Waals surface area contributed by atoms with Crippen LogP contribution in [0.5, 0.6) is 5.75 Å². The molecule has 25 heavy (non-hydrogen) atoms. The molecule has 6 heteroatoms. The highest BCUT2D eigenvalue weighted by Crippen LogP contribution is 2.29. The van der Waals surface area contributed by atoms with Gasteiger partial charge in [-0.1, -0.05) is 42.4 Å². The van der Waals surface area contributed by atoms with Crippen molar-refractivity contribution < 1.29 is 4.74 Å². The predicted molar refractivity (Wildman–Crippen MR) is 107 cm³/mol. The minimum Gasteiger partial charge on any atom is -0.494 e. The summed E-state index contributed by atoms with van der Waals surface area (Å²) in [4.78, 5) is 11.4. The second kappa shape index (κ2) is 9.88. The summed E-state index contributed by atoms with van der Waals surface area (Å²) in [6.45, 7) is 8.86. The Bertz CT molecular complexity index is 675. The number of rotatable bonds is 9. The minimum absolute atomic E-state index is 0.535. The Morgan fingerprint density at radius 1 is 1.08 bits per heavy atom. The summed E-state index contributed by atoms with van der Waals surface area (Å²) >= 11 is 8.02. The molecule has 0 unspecified atom stereocenters. The van der Waals surface area contributed by atoms with Gasteiger partial charge in [0.1, 0.15) is 16.7 Å². The molecule has 0 aliphatic carbocycles. The fourth-order valence-electron chi connectivity index (χ4n) is 2.58. The molecule has 4 nitrogen and oxygen atoms in total. The average molecular weight is 380 g/mol. The van der Waals surface area contributed by atoms with Gasteiger partial charge in [-0.25, -0.2) is 9.97 Å². The smallest absolute Gasteiger partial charge is 0.190 e. The van der Waals surface area contributed by atoms with Crippen LogP contribution in [0.1, 0.15) is 38.3 Å². The highest BCUT2D eigenvalue weighted by molar-refractivity contribution is 7.98. The van der Waals surface area contributed by atoms with Crippen molar-refractivity contribution in [2.75, 3.05) is 30.9 Å². The van der Waals surface area contributed by atoms with Gasteiger partial charge in [0.2, 0.25) is 0 Å². The second-order valence-electron chi connectivity index (χ2n) is 5.64. The highest BCUT2D eigenvalue weighted by atomic mass is 35.5. The molecular weight excluding hydrogens is 354 g/mol. The lowest BCUT2D eigenvalue weighted by Crippen LogP contribution is -2.25. The van der Waals surface area contributed by atoms with E-state index in [9.17, 15) is 0 Å². The minimum atomic E-state index is 0.535. The molecule has 0 saturated heterocycles. The number of hydrogen-bond acceptors (Lipinski definition) is 5. The van der Waals surface area contributed by atoms with Gasteiger partial charge in [0.05, 0.1) is 6.61 Å². The third kappa shape index (κ3) is 5.25. The van der Waals surface area contributed by atoms with E-state index in [1.54, 1.807) is 0 Å². The normalized spacial score (nSPS) is 10.8. The Balaban J connectivity index is 2.31. The zero-order chi connectivity index (χ0) is 18.2. The van der Waals surface area contributed by atoms with Gasteiger partial charge in [-0.3, -0.25) is 0 Å². The van der Waals surface area contributed by atoms with E-state index in [-0.39, 0.29) is 0 Å². The first-order chi connectivity index (χ1) is 12.1. The summed E-state index contributed by atoms with van der Waals surface area (Å²) in [5, 5.41) is 1.24. The third-order valence-electron chi connectivity index (χ3n) is 3.94. The van der Waals surface area contributed by atoms with Crippen LogP contribution in [-0.2, 0) is 6.42 Å². The van der Waals surface area contributed by atoms with Crippen molar-refractivity contribution in [3.8, 4) is 5.75 Å². The molecule has 2 aromatic rings. The molecule has 2 rings (SSSR count). The number of aromatic nitrogens is 2. The van der Waals surface area contributed by atoms with E-state index < -0.39 is 0 Å². The summed E-state index contributed by atoms with van der Waals surface area (Å²) in [6.07, 6.45) is 3.67. The lowest BCUT2D eigenvalue weighted by molar-refractivity contribution is 0.317. The van der Waals surface area contributed by atoms with Crippen LogP contribution in [0.15, 0.2) is 29.4 Å².